The van der Waals surface area contributed by atoms with Gasteiger partial charge in [0.2, 0.25) is 0 Å². The highest BCUT2D eigenvalue weighted by atomic mass is 35.5. The first-order valence-corrected chi connectivity index (χ1v) is 6.84. The molecule has 1 aromatic heterocycles. The van der Waals surface area contributed by atoms with Gasteiger partial charge in [0.1, 0.15) is 0 Å². The van der Waals surface area contributed by atoms with Gasteiger partial charge in [0.25, 0.3) is 0 Å². The number of nitrogens with zero attached hydrogens (tertiary/aromatic N) is 1. The van der Waals surface area contributed by atoms with Crippen molar-refractivity contribution in [1.29, 1.82) is 0 Å². The summed E-state index contributed by atoms with van der Waals surface area (Å²) in [6, 6.07) is 2.07. The second kappa shape index (κ2) is 6.03. The third kappa shape index (κ3) is 3.84. The van der Waals surface area contributed by atoms with E-state index in [1.54, 1.807) is 0 Å². The van der Waals surface area contributed by atoms with Gasteiger partial charge in [-0.15, -0.1) is 0 Å². The maximum absolute atomic E-state index is 13.1. The number of benzene rings is 1. The van der Waals surface area contributed by atoms with Gasteiger partial charge < -0.3 is 0 Å². The van der Waals surface area contributed by atoms with E-state index in [0.717, 1.165) is 12.1 Å². The van der Waals surface area contributed by atoms with Crippen molar-refractivity contribution in [1.82, 2.24) is 4.98 Å². The van der Waals surface area contributed by atoms with Gasteiger partial charge in [0, 0.05) is 11.8 Å². The molecule has 23 heavy (non-hydrogen) atoms. The highest BCUT2D eigenvalue weighted by Crippen LogP contribution is 2.42. The Morgan fingerprint density at radius 1 is 0.739 bits per heavy atom. The molecule has 2 aromatic rings. The van der Waals surface area contributed by atoms with Crippen molar-refractivity contribution in [3.63, 3.8) is 0 Å². The van der Waals surface area contributed by atoms with Crippen LogP contribution in [0.25, 0.3) is 11.3 Å². The number of hydrogen-bond acceptors (Lipinski definition) is 1. The minimum absolute atomic E-state index is 0.0131. The SMILES string of the molecule is FC(F)(F)c1cnc(-c2cc(Cl)c(Cl)cc2Cl)c(C(F)(F)F)c1. The summed E-state index contributed by atoms with van der Waals surface area (Å²) in [7, 11) is 0. The largest absolute Gasteiger partial charge is 0.418 e. The molecule has 0 saturated carbocycles. The standard InChI is InChI=1S/C13H4Cl3F6N/c14-8-3-10(16)9(15)2-6(8)11-7(13(20,21)22)1-5(4-23-11)12(17,18)19/h1-4H. The van der Waals surface area contributed by atoms with Crippen molar-refractivity contribution in [2.24, 2.45) is 0 Å². The Morgan fingerprint density at radius 2 is 1.30 bits per heavy atom. The van der Waals surface area contributed by atoms with E-state index in [-0.39, 0.29) is 26.7 Å². The molecule has 0 aliphatic carbocycles. The van der Waals surface area contributed by atoms with Crippen LogP contribution in [-0.2, 0) is 12.4 Å². The summed E-state index contributed by atoms with van der Waals surface area (Å²) >= 11 is 17.2. The van der Waals surface area contributed by atoms with E-state index in [9.17, 15) is 26.3 Å². The lowest BCUT2D eigenvalue weighted by Gasteiger charge is -2.16. The minimum atomic E-state index is -5.07. The Labute approximate surface area is 140 Å². The Balaban J connectivity index is 2.75. The molecule has 0 spiro atoms. The average molecular weight is 395 g/mol. The van der Waals surface area contributed by atoms with Gasteiger partial charge >= 0.3 is 12.4 Å². The normalized spacial score (nSPS) is 12.6. The molecule has 1 heterocycles. The van der Waals surface area contributed by atoms with E-state index in [1.165, 1.54) is 0 Å². The molecular formula is C13H4Cl3F6N. The van der Waals surface area contributed by atoms with E-state index in [4.69, 9.17) is 34.8 Å². The lowest BCUT2D eigenvalue weighted by Crippen LogP contribution is -2.13. The lowest BCUT2D eigenvalue weighted by atomic mass is 10.0. The second-order valence-corrected chi connectivity index (χ2v) is 5.58. The fraction of sp³-hybridized carbons (Fsp3) is 0.154. The third-order valence-corrected chi connectivity index (χ3v) is 3.82. The van der Waals surface area contributed by atoms with E-state index in [2.05, 4.69) is 4.98 Å². The topological polar surface area (TPSA) is 12.9 Å². The molecule has 0 unspecified atom stereocenters. The van der Waals surface area contributed by atoms with Crippen LogP contribution in [0.1, 0.15) is 11.1 Å². The van der Waals surface area contributed by atoms with Gasteiger partial charge in [-0.3, -0.25) is 4.98 Å². The van der Waals surface area contributed by atoms with E-state index >= 15 is 0 Å². The molecule has 10 heteroatoms. The molecule has 0 saturated heterocycles. The highest BCUT2D eigenvalue weighted by molar-refractivity contribution is 6.44. The first-order valence-electron chi connectivity index (χ1n) is 5.70. The summed E-state index contributed by atoms with van der Waals surface area (Å²) in [6.45, 7) is 0. The zero-order chi connectivity index (χ0) is 17.6. The van der Waals surface area contributed by atoms with Gasteiger partial charge in [0.05, 0.1) is 31.9 Å². The molecular weight excluding hydrogens is 390 g/mol. The van der Waals surface area contributed by atoms with Crippen LogP contribution in [0.5, 0.6) is 0 Å². The molecule has 0 amide bonds. The minimum Gasteiger partial charge on any atom is -0.255 e. The first kappa shape index (κ1) is 18.2. The predicted octanol–water partition coefficient (Wildman–Crippen LogP) is 6.75. The van der Waals surface area contributed by atoms with Gasteiger partial charge in [0.15, 0.2) is 0 Å². The summed E-state index contributed by atoms with van der Waals surface area (Å²) in [5.74, 6) is 0. The van der Waals surface area contributed by atoms with Crippen LogP contribution in [-0.4, -0.2) is 4.98 Å². The fourth-order valence-electron chi connectivity index (χ4n) is 1.75. The van der Waals surface area contributed by atoms with Crippen LogP contribution in [0, 0.1) is 0 Å². The van der Waals surface area contributed by atoms with Crippen molar-refractivity contribution in [2.75, 3.05) is 0 Å². The Kier molecular flexibility index (Phi) is 4.76. The predicted molar refractivity (Wildman–Crippen MR) is 74.7 cm³/mol. The van der Waals surface area contributed by atoms with E-state index < -0.39 is 29.2 Å². The van der Waals surface area contributed by atoms with Crippen molar-refractivity contribution >= 4 is 34.8 Å². The van der Waals surface area contributed by atoms with Crippen molar-refractivity contribution < 1.29 is 26.3 Å². The van der Waals surface area contributed by atoms with E-state index in [0.29, 0.717) is 6.20 Å². The Morgan fingerprint density at radius 3 is 1.83 bits per heavy atom. The van der Waals surface area contributed by atoms with Crippen LogP contribution in [0.2, 0.25) is 15.1 Å². The molecule has 1 aromatic carbocycles. The first-order chi connectivity index (χ1) is 10.4. The maximum Gasteiger partial charge on any atom is 0.418 e. The van der Waals surface area contributed by atoms with Crippen LogP contribution in [0.4, 0.5) is 26.3 Å². The smallest absolute Gasteiger partial charge is 0.255 e. The third-order valence-electron chi connectivity index (χ3n) is 2.79. The van der Waals surface area contributed by atoms with Crippen molar-refractivity contribution in [3.05, 3.63) is 50.6 Å². The molecule has 0 aliphatic rings. The van der Waals surface area contributed by atoms with Crippen molar-refractivity contribution in [3.8, 4) is 11.3 Å². The molecule has 0 bridgehead atoms. The number of pyridine rings is 1. The maximum atomic E-state index is 13.1. The van der Waals surface area contributed by atoms with Gasteiger partial charge in [-0.05, 0) is 18.2 Å². The van der Waals surface area contributed by atoms with E-state index in [1.807, 2.05) is 0 Å². The zero-order valence-corrected chi connectivity index (χ0v) is 12.9. The summed E-state index contributed by atoms with van der Waals surface area (Å²) in [4.78, 5) is 3.29. The van der Waals surface area contributed by atoms with Crippen LogP contribution in [0.3, 0.4) is 0 Å². The number of alkyl halides is 6. The molecule has 124 valence electrons. The molecule has 0 aliphatic heterocycles. The van der Waals surface area contributed by atoms with Crippen molar-refractivity contribution in [2.45, 2.75) is 12.4 Å². The van der Waals surface area contributed by atoms with Crippen LogP contribution < -0.4 is 0 Å². The summed E-state index contributed by atoms with van der Waals surface area (Å²) in [5.41, 5.74) is -4.14. The summed E-state index contributed by atoms with van der Waals surface area (Å²) in [6.07, 6.45) is -9.74. The number of rotatable bonds is 1. The monoisotopic (exact) mass is 393 g/mol. The van der Waals surface area contributed by atoms with Gasteiger partial charge in [-0.2, -0.15) is 26.3 Å². The molecule has 0 N–H and O–H groups in total. The Hall–Kier alpha value is -1.18. The van der Waals surface area contributed by atoms with Gasteiger partial charge in [-0.25, -0.2) is 0 Å². The number of halogens is 9. The number of hydrogen-bond donors (Lipinski definition) is 0. The average Bonchev–Trinajstić information content (AvgIpc) is 2.40. The summed E-state index contributed by atoms with van der Waals surface area (Å²) < 4.78 is 77.2. The fourth-order valence-corrected chi connectivity index (χ4v) is 2.39. The molecule has 2 rings (SSSR count). The molecule has 0 radical (unpaired) electrons. The van der Waals surface area contributed by atoms with Crippen LogP contribution >= 0.6 is 34.8 Å². The van der Waals surface area contributed by atoms with Gasteiger partial charge in [-0.1, -0.05) is 34.8 Å². The highest BCUT2D eigenvalue weighted by Gasteiger charge is 2.39. The molecule has 1 nitrogen and oxygen atoms in total. The molecule has 0 fully saturated rings. The quantitative estimate of drug-likeness (QED) is 0.385. The lowest BCUT2D eigenvalue weighted by molar-refractivity contribution is -0.143. The number of aromatic nitrogens is 1. The Bertz CT molecular complexity index is 755. The zero-order valence-electron chi connectivity index (χ0n) is 10.7. The summed E-state index contributed by atoms with van der Waals surface area (Å²) in [5, 5.41) is -0.348. The molecule has 0 atom stereocenters. The second-order valence-electron chi connectivity index (χ2n) is 4.36. The van der Waals surface area contributed by atoms with Crippen LogP contribution in [0.15, 0.2) is 24.4 Å².